The van der Waals surface area contributed by atoms with Crippen LogP contribution in [0, 0.1) is 3.57 Å². The Morgan fingerprint density at radius 3 is 2.69 bits per heavy atom. The molecule has 0 bridgehead atoms. The van der Waals surface area contributed by atoms with Crippen molar-refractivity contribution in [2.75, 3.05) is 24.1 Å². The maximum absolute atomic E-state index is 11.6. The van der Waals surface area contributed by atoms with E-state index in [1.807, 2.05) is 22.6 Å². The molecule has 0 saturated heterocycles. The predicted molar refractivity (Wildman–Crippen MR) is 75.5 cm³/mol. The van der Waals surface area contributed by atoms with Crippen molar-refractivity contribution in [3.05, 3.63) is 26.8 Å². The summed E-state index contributed by atoms with van der Waals surface area (Å²) in [5, 5.41) is 3.38. The molecule has 2 N–H and O–H groups in total. The summed E-state index contributed by atoms with van der Waals surface area (Å²) in [7, 11) is -1.58. The van der Waals surface area contributed by atoms with Crippen LogP contribution in [0.3, 0.4) is 0 Å². The molecule has 0 heterocycles. The summed E-state index contributed by atoms with van der Waals surface area (Å²) in [4.78, 5) is 0. The Labute approximate surface area is 114 Å². The van der Waals surface area contributed by atoms with E-state index in [2.05, 4.69) is 10.0 Å². The molecular weight excluding hydrogens is 363 g/mol. The maximum atomic E-state index is 11.6. The smallest absolute Gasteiger partial charge is 0.234 e. The van der Waals surface area contributed by atoms with E-state index in [9.17, 15) is 8.42 Å². The van der Waals surface area contributed by atoms with Gasteiger partial charge < -0.3 is 5.32 Å². The summed E-state index contributed by atoms with van der Waals surface area (Å²) in [6.45, 7) is 0.416. The summed E-state index contributed by atoms with van der Waals surface area (Å²) in [5.41, 5.74) is 0.557. The van der Waals surface area contributed by atoms with Crippen molar-refractivity contribution in [1.29, 1.82) is 0 Å². The molecule has 0 atom stereocenters. The number of sulfonamides is 1. The summed E-state index contributed by atoms with van der Waals surface area (Å²) < 4.78 is 26.5. The van der Waals surface area contributed by atoms with Crippen molar-refractivity contribution < 1.29 is 8.42 Å². The number of rotatable bonds is 5. The molecule has 0 aliphatic heterocycles. The molecule has 90 valence electrons. The van der Waals surface area contributed by atoms with Gasteiger partial charge in [0.05, 0.1) is 11.4 Å². The second-order valence-electron chi connectivity index (χ2n) is 3.15. The van der Waals surface area contributed by atoms with Gasteiger partial charge in [-0.05, 0) is 47.8 Å². The third-order valence-electron chi connectivity index (χ3n) is 1.82. The van der Waals surface area contributed by atoms with E-state index >= 15 is 0 Å². The van der Waals surface area contributed by atoms with Crippen LogP contribution < -0.4 is 10.0 Å². The number of benzene rings is 1. The highest BCUT2D eigenvalue weighted by Gasteiger charge is 2.11. The highest BCUT2D eigenvalue weighted by molar-refractivity contribution is 14.1. The second kappa shape index (κ2) is 6.04. The molecule has 0 spiro atoms. The van der Waals surface area contributed by atoms with Gasteiger partial charge in [0.2, 0.25) is 10.0 Å². The monoisotopic (exact) mass is 374 g/mol. The van der Waals surface area contributed by atoms with Gasteiger partial charge >= 0.3 is 0 Å². The molecule has 7 heteroatoms. The minimum atomic E-state index is -3.29. The Balaban J connectivity index is 2.80. The van der Waals surface area contributed by atoms with E-state index in [0.29, 0.717) is 17.3 Å². The number of nitrogens with one attached hydrogen (secondary N) is 2. The molecule has 0 aliphatic carbocycles. The van der Waals surface area contributed by atoms with Gasteiger partial charge in [0.15, 0.2) is 0 Å². The minimum absolute atomic E-state index is 0.0439. The summed E-state index contributed by atoms with van der Waals surface area (Å²) in [6, 6.07) is 5.01. The van der Waals surface area contributed by atoms with Gasteiger partial charge in [-0.15, -0.1) is 0 Å². The first-order chi connectivity index (χ1) is 7.44. The van der Waals surface area contributed by atoms with E-state index in [-0.39, 0.29) is 5.75 Å². The van der Waals surface area contributed by atoms with E-state index in [4.69, 9.17) is 11.6 Å². The van der Waals surface area contributed by atoms with E-state index in [0.717, 1.165) is 3.57 Å². The molecule has 1 rings (SSSR count). The number of halogens is 2. The lowest BCUT2D eigenvalue weighted by atomic mass is 10.3. The van der Waals surface area contributed by atoms with Gasteiger partial charge in [-0.3, -0.25) is 4.72 Å². The van der Waals surface area contributed by atoms with Crippen molar-refractivity contribution >= 4 is 49.9 Å². The van der Waals surface area contributed by atoms with Gasteiger partial charge in [-0.1, -0.05) is 11.6 Å². The fraction of sp³-hybridized carbons (Fsp3) is 0.333. The average molecular weight is 375 g/mol. The molecule has 0 radical (unpaired) electrons. The molecule has 0 aliphatic rings. The molecule has 0 unspecified atom stereocenters. The molecule has 0 aromatic heterocycles. The lowest BCUT2D eigenvalue weighted by Gasteiger charge is -2.09. The van der Waals surface area contributed by atoms with Gasteiger partial charge in [-0.25, -0.2) is 8.42 Å². The zero-order valence-corrected chi connectivity index (χ0v) is 12.4. The summed E-state index contributed by atoms with van der Waals surface area (Å²) in [6.07, 6.45) is 0. The van der Waals surface area contributed by atoms with Crippen LogP contribution in [0.4, 0.5) is 5.69 Å². The van der Waals surface area contributed by atoms with Crippen LogP contribution in [-0.4, -0.2) is 27.8 Å². The molecule has 1 aromatic rings. The standard InChI is InChI=1S/C9H12ClIN2O2S/c1-12-4-5-16(14,15)13-9-3-2-7(10)6-8(9)11/h2-3,6,12-13H,4-5H2,1H3. The lowest BCUT2D eigenvalue weighted by molar-refractivity contribution is 0.598. The zero-order valence-electron chi connectivity index (χ0n) is 8.63. The Morgan fingerprint density at radius 1 is 1.44 bits per heavy atom. The van der Waals surface area contributed by atoms with Crippen LogP contribution in [0.2, 0.25) is 5.02 Å². The number of anilines is 1. The Kier molecular flexibility index (Phi) is 5.29. The van der Waals surface area contributed by atoms with Crippen molar-refractivity contribution in [3.8, 4) is 0 Å². The van der Waals surface area contributed by atoms with Crippen LogP contribution in [0.5, 0.6) is 0 Å². The molecule has 0 saturated carbocycles. The first kappa shape index (κ1) is 14.0. The summed E-state index contributed by atoms with van der Waals surface area (Å²) in [5.74, 6) is 0.0439. The van der Waals surface area contributed by atoms with Crippen LogP contribution in [0.1, 0.15) is 0 Å². The Bertz CT molecular complexity index is 465. The van der Waals surface area contributed by atoms with Crippen molar-refractivity contribution in [3.63, 3.8) is 0 Å². The highest BCUT2D eigenvalue weighted by atomic mass is 127. The van der Waals surface area contributed by atoms with E-state index in [1.54, 1.807) is 25.2 Å². The van der Waals surface area contributed by atoms with Gasteiger partial charge in [-0.2, -0.15) is 0 Å². The molecule has 16 heavy (non-hydrogen) atoms. The van der Waals surface area contributed by atoms with Crippen LogP contribution in [0.15, 0.2) is 18.2 Å². The van der Waals surface area contributed by atoms with Crippen LogP contribution in [-0.2, 0) is 10.0 Å². The quantitative estimate of drug-likeness (QED) is 0.774. The third kappa shape index (κ3) is 4.44. The highest BCUT2D eigenvalue weighted by Crippen LogP contribution is 2.23. The van der Waals surface area contributed by atoms with Crippen molar-refractivity contribution in [2.24, 2.45) is 0 Å². The van der Waals surface area contributed by atoms with E-state index in [1.165, 1.54) is 0 Å². The van der Waals surface area contributed by atoms with Crippen LogP contribution in [0.25, 0.3) is 0 Å². The molecule has 4 nitrogen and oxygen atoms in total. The minimum Gasteiger partial charge on any atom is -0.319 e. The predicted octanol–water partition coefficient (Wildman–Crippen LogP) is 1.91. The molecule has 0 fully saturated rings. The SMILES string of the molecule is CNCCS(=O)(=O)Nc1ccc(Cl)cc1I. The first-order valence-corrected chi connectivity index (χ1v) is 7.65. The van der Waals surface area contributed by atoms with Gasteiger partial charge in [0.25, 0.3) is 0 Å². The Morgan fingerprint density at radius 2 is 2.12 bits per heavy atom. The van der Waals surface area contributed by atoms with E-state index < -0.39 is 10.0 Å². The maximum Gasteiger partial charge on any atom is 0.234 e. The summed E-state index contributed by atoms with van der Waals surface area (Å²) >= 11 is 7.82. The second-order valence-corrected chi connectivity index (χ2v) is 6.59. The third-order valence-corrected chi connectivity index (χ3v) is 4.22. The number of hydrogen-bond donors (Lipinski definition) is 2. The fourth-order valence-electron chi connectivity index (χ4n) is 1.03. The molecular formula is C9H12ClIN2O2S. The first-order valence-electron chi connectivity index (χ1n) is 4.55. The zero-order chi connectivity index (χ0) is 12.2. The topological polar surface area (TPSA) is 58.2 Å². The normalized spacial score (nSPS) is 11.4. The lowest BCUT2D eigenvalue weighted by Crippen LogP contribution is -2.24. The van der Waals surface area contributed by atoms with Gasteiger partial charge in [0, 0.05) is 15.1 Å². The Hall–Kier alpha value is -0.0500. The average Bonchev–Trinajstić information content (AvgIpc) is 2.19. The molecule has 0 amide bonds. The van der Waals surface area contributed by atoms with Crippen LogP contribution >= 0.6 is 34.2 Å². The fourth-order valence-corrected chi connectivity index (χ4v) is 3.30. The largest absolute Gasteiger partial charge is 0.319 e. The van der Waals surface area contributed by atoms with Gasteiger partial charge in [0.1, 0.15) is 0 Å². The number of hydrogen-bond acceptors (Lipinski definition) is 3. The van der Waals surface area contributed by atoms with Crippen molar-refractivity contribution in [2.45, 2.75) is 0 Å². The van der Waals surface area contributed by atoms with Crippen molar-refractivity contribution in [1.82, 2.24) is 5.32 Å². The molecule has 1 aromatic carbocycles.